The summed E-state index contributed by atoms with van der Waals surface area (Å²) in [6, 6.07) is 11.1. The molecule has 0 radical (unpaired) electrons. The first-order chi connectivity index (χ1) is 11.7. The van der Waals surface area contributed by atoms with Crippen molar-refractivity contribution < 1.29 is 9.53 Å². The average Bonchev–Trinajstić information content (AvgIpc) is 2.58. The summed E-state index contributed by atoms with van der Waals surface area (Å²) >= 11 is 0. The molecule has 1 aliphatic rings. The second kappa shape index (κ2) is 7.93. The van der Waals surface area contributed by atoms with Gasteiger partial charge in [-0.2, -0.15) is 0 Å². The number of amides is 1. The summed E-state index contributed by atoms with van der Waals surface area (Å²) < 4.78 is 5.76. The van der Waals surface area contributed by atoms with Crippen LogP contribution in [0, 0.1) is 5.92 Å². The largest absolute Gasteiger partial charge is 0.457 e. The van der Waals surface area contributed by atoms with Crippen LogP contribution >= 0.6 is 0 Å². The maximum atomic E-state index is 12.3. The Morgan fingerprint density at radius 3 is 2.75 bits per heavy atom. The molecule has 2 atom stereocenters. The quantitative estimate of drug-likeness (QED) is 0.878. The van der Waals surface area contributed by atoms with E-state index in [1.54, 1.807) is 24.5 Å². The van der Waals surface area contributed by atoms with Gasteiger partial charge in [-0.1, -0.05) is 18.9 Å². The highest BCUT2D eigenvalue weighted by Crippen LogP contribution is 2.27. The van der Waals surface area contributed by atoms with Gasteiger partial charge in [-0.25, -0.2) is 0 Å². The molecule has 1 aliphatic carbocycles. The lowest BCUT2D eigenvalue weighted by Crippen LogP contribution is -2.35. The van der Waals surface area contributed by atoms with Crippen molar-refractivity contribution in [2.75, 3.05) is 5.32 Å². The molecule has 3 N–H and O–H groups in total. The second-order valence-corrected chi connectivity index (χ2v) is 6.27. The molecule has 5 nitrogen and oxygen atoms in total. The first-order valence-electron chi connectivity index (χ1n) is 8.44. The average molecular weight is 325 g/mol. The number of aromatic nitrogens is 1. The van der Waals surface area contributed by atoms with Gasteiger partial charge in [0.05, 0.1) is 0 Å². The molecule has 0 aliphatic heterocycles. The van der Waals surface area contributed by atoms with Crippen LogP contribution in [0.3, 0.4) is 0 Å². The fourth-order valence-corrected chi connectivity index (χ4v) is 3.12. The lowest BCUT2D eigenvalue weighted by Gasteiger charge is -2.27. The summed E-state index contributed by atoms with van der Waals surface area (Å²) in [5, 5.41) is 2.95. The number of nitrogens with two attached hydrogens (primary N) is 1. The van der Waals surface area contributed by atoms with Crippen molar-refractivity contribution in [2.45, 2.75) is 38.1 Å². The van der Waals surface area contributed by atoms with E-state index in [9.17, 15) is 4.79 Å². The highest BCUT2D eigenvalue weighted by Gasteiger charge is 2.24. The topological polar surface area (TPSA) is 77.2 Å². The van der Waals surface area contributed by atoms with E-state index in [1.807, 2.05) is 24.3 Å². The van der Waals surface area contributed by atoms with E-state index in [0.717, 1.165) is 18.5 Å². The second-order valence-electron chi connectivity index (χ2n) is 6.27. The van der Waals surface area contributed by atoms with Gasteiger partial charge in [0.2, 0.25) is 5.91 Å². The standard InChI is InChI=1S/C19H23N3O2/c20-18-7-2-1-4-14(18)12-19(23)22-15-5-3-6-17(13-15)24-16-8-10-21-11-9-16/h3,5-6,8-11,13-14,18H,1-2,4,7,12,20H2,(H,22,23)/t14-,18-/m1/s1. The number of carbonyl (C=O) groups excluding carboxylic acids is 1. The van der Waals surface area contributed by atoms with Crippen molar-refractivity contribution >= 4 is 11.6 Å². The van der Waals surface area contributed by atoms with Crippen LogP contribution in [0.2, 0.25) is 0 Å². The monoisotopic (exact) mass is 325 g/mol. The minimum absolute atomic E-state index is 0.0124. The van der Waals surface area contributed by atoms with Gasteiger partial charge < -0.3 is 15.8 Å². The molecule has 0 bridgehead atoms. The van der Waals surface area contributed by atoms with E-state index in [0.29, 0.717) is 17.9 Å². The van der Waals surface area contributed by atoms with Gasteiger partial charge in [-0.3, -0.25) is 9.78 Å². The molecule has 126 valence electrons. The van der Waals surface area contributed by atoms with Crippen molar-refractivity contribution in [3.63, 3.8) is 0 Å². The maximum absolute atomic E-state index is 12.3. The number of anilines is 1. The summed E-state index contributed by atoms with van der Waals surface area (Å²) in [6.45, 7) is 0. The smallest absolute Gasteiger partial charge is 0.224 e. The number of ether oxygens (including phenoxy) is 1. The molecule has 1 heterocycles. The molecule has 1 amide bonds. The predicted octanol–water partition coefficient (Wildman–Crippen LogP) is 3.72. The molecular weight excluding hydrogens is 302 g/mol. The van der Waals surface area contributed by atoms with E-state index in [-0.39, 0.29) is 17.9 Å². The lowest BCUT2D eigenvalue weighted by atomic mass is 9.83. The molecule has 5 heteroatoms. The van der Waals surface area contributed by atoms with Gasteiger partial charge in [0.15, 0.2) is 0 Å². The Kier molecular flexibility index (Phi) is 5.43. The van der Waals surface area contributed by atoms with Crippen molar-refractivity contribution in [3.05, 3.63) is 48.8 Å². The van der Waals surface area contributed by atoms with Crippen LogP contribution in [0.1, 0.15) is 32.1 Å². The Bertz CT molecular complexity index is 675. The molecule has 0 spiro atoms. The minimum Gasteiger partial charge on any atom is -0.457 e. The Morgan fingerprint density at radius 2 is 1.96 bits per heavy atom. The van der Waals surface area contributed by atoms with E-state index in [1.165, 1.54) is 12.8 Å². The summed E-state index contributed by atoms with van der Waals surface area (Å²) in [5.41, 5.74) is 6.86. The third-order valence-corrected chi connectivity index (χ3v) is 4.42. The Hall–Kier alpha value is -2.40. The fraction of sp³-hybridized carbons (Fsp3) is 0.368. The number of hydrogen-bond acceptors (Lipinski definition) is 4. The molecule has 1 fully saturated rings. The summed E-state index contributed by atoms with van der Waals surface area (Å²) in [7, 11) is 0. The van der Waals surface area contributed by atoms with Gasteiger partial charge >= 0.3 is 0 Å². The van der Waals surface area contributed by atoms with Crippen molar-refractivity contribution in [1.82, 2.24) is 4.98 Å². The number of carbonyl (C=O) groups is 1. The van der Waals surface area contributed by atoms with Crippen molar-refractivity contribution in [3.8, 4) is 11.5 Å². The number of benzene rings is 1. The molecule has 0 saturated heterocycles. The van der Waals surface area contributed by atoms with Crippen LogP contribution in [-0.4, -0.2) is 16.9 Å². The minimum atomic E-state index is 0.0124. The molecule has 1 aromatic heterocycles. The van der Waals surface area contributed by atoms with Crippen LogP contribution in [0.25, 0.3) is 0 Å². The summed E-state index contributed by atoms with van der Waals surface area (Å²) in [4.78, 5) is 16.2. The maximum Gasteiger partial charge on any atom is 0.224 e. The van der Waals surface area contributed by atoms with E-state index < -0.39 is 0 Å². The number of nitrogens with one attached hydrogen (secondary N) is 1. The Balaban J connectivity index is 1.58. The molecule has 0 unspecified atom stereocenters. The first kappa shape index (κ1) is 16.5. The highest BCUT2D eigenvalue weighted by molar-refractivity contribution is 5.91. The van der Waals surface area contributed by atoms with Crippen LogP contribution in [0.15, 0.2) is 48.8 Å². The van der Waals surface area contributed by atoms with Crippen LogP contribution in [0.5, 0.6) is 11.5 Å². The Labute approximate surface area is 142 Å². The number of nitrogens with zero attached hydrogens (tertiary/aromatic N) is 1. The number of rotatable bonds is 5. The van der Waals surface area contributed by atoms with E-state index in [2.05, 4.69) is 10.3 Å². The van der Waals surface area contributed by atoms with Crippen LogP contribution < -0.4 is 15.8 Å². The highest BCUT2D eigenvalue weighted by atomic mass is 16.5. The summed E-state index contributed by atoms with van der Waals surface area (Å²) in [5.74, 6) is 1.68. The molecule has 3 rings (SSSR count). The molecule has 1 aromatic carbocycles. The van der Waals surface area contributed by atoms with Gasteiger partial charge in [-0.15, -0.1) is 0 Å². The van der Waals surface area contributed by atoms with Crippen molar-refractivity contribution in [2.24, 2.45) is 11.7 Å². The zero-order valence-corrected chi connectivity index (χ0v) is 13.7. The zero-order valence-electron chi connectivity index (χ0n) is 13.7. The van der Waals surface area contributed by atoms with Crippen molar-refractivity contribution in [1.29, 1.82) is 0 Å². The normalized spacial score (nSPS) is 20.4. The first-order valence-corrected chi connectivity index (χ1v) is 8.44. The van der Waals surface area contributed by atoms with E-state index in [4.69, 9.17) is 10.5 Å². The third kappa shape index (κ3) is 4.55. The Morgan fingerprint density at radius 1 is 1.17 bits per heavy atom. The number of hydrogen-bond donors (Lipinski definition) is 2. The zero-order chi connectivity index (χ0) is 16.8. The van der Waals surface area contributed by atoms with Crippen LogP contribution in [0.4, 0.5) is 5.69 Å². The lowest BCUT2D eigenvalue weighted by molar-refractivity contribution is -0.117. The van der Waals surface area contributed by atoms with Crippen LogP contribution in [-0.2, 0) is 4.79 Å². The molecular formula is C19H23N3O2. The third-order valence-electron chi connectivity index (χ3n) is 4.42. The SMILES string of the molecule is N[C@@H]1CCCC[C@@H]1CC(=O)Nc1cccc(Oc2ccncc2)c1. The molecule has 1 saturated carbocycles. The molecule has 24 heavy (non-hydrogen) atoms. The fourth-order valence-electron chi connectivity index (χ4n) is 3.12. The number of pyridine rings is 1. The van der Waals surface area contributed by atoms with Gasteiger partial charge in [-0.05, 0) is 43.0 Å². The van der Waals surface area contributed by atoms with Gasteiger partial charge in [0.1, 0.15) is 11.5 Å². The van der Waals surface area contributed by atoms with Gasteiger partial charge in [0.25, 0.3) is 0 Å². The van der Waals surface area contributed by atoms with E-state index >= 15 is 0 Å². The van der Waals surface area contributed by atoms with Gasteiger partial charge in [0, 0.05) is 36.6 Å². The molecule has 2 aromatic rings. The predicted molar refractivity (Wildman–Crippen MR) is 93.9 cm³/mol. The summed E-state index contributed by atoms with van der Waals surface area (Å²) in [6.07, 6.45) is 8.24.